The van der Waals surface area contributed by atoms with Gasteiger partial charge >= 0.3 is 18.9 Å². The second-order valence-electron chi connectivity index (χ2n) is 1.57. The molecule has 0 spiro atoms. The zero-order chi connectivity index (χ0) is 6.85. The summed E-state index contributed by atoms with van der Waals surface area (Å²) >= 11 is 8.60. The topological polar surface area (TPSA) is 23.1 Å². The van der Waals surface area contributed by atoms with Crippen LogP contribution in [0.3, 0.4) is 0 Å². The number of hydrogen-bond acceptors (Lipinski definition) is 1. The molecule has 0 heterocycles. The first-order valence-corrected chi connectivity index (χ1v) is 3.49. The Hall–Kier alpha value is 0.387. The Morgan fingerprint density at radius 2 is 2.00 bits per heavy atom. The number of rotatable bonds is 0. The van der Waals surface area contributed by atoms with Gasteiger partial charge in [0.15, 0.2) is 0 Å². The Morgan fingerprint density at radius 3 is 2.40 bits per heavy atom. The van der Waals surface area contributed by atoms with E-state index in [0.717, 1.165) is 0 Å². The fourth-order valence-electron chi connectivity index (χ4n) is 0.475. The van der Waals surface area contributed by atoms with Crippen LogP contribution in [-0.4, -0.2) is 0 Å². The van der Waals surface area contributed by atoms with Gasteiger partial charge in [-0.05, 0) is 12.1 Å². The van der Waals surface area contributed by atoms with Crippen molar-refractivity contribution in [2.75, 3.05) is 0 Å². The average Bonchev–Trinajstić information content (AvgIpc) is 1.80. The van der Waals surface area contributed by atoms with E-state index in [1.807, 2.05) is 0 Å². The van der Waals surface area contributed by atoms with Crippen molar-refractivity contribution >= 4 is 27.5 Å². The van der Waals surface area contributed by atoms with Gasteiger partial charge in [0.05, 0.1) is 0 Å². The van der Waals surface area contributed by atoms with Crippen LogP contribution in [0, 0.1) is 0 Å². The molecule has 0 aliphatic carbocycles. The Morgan fingerprint density at radius 1 is 1.40 bits per heavy atom. The van der Waals surface area contributed by atoms with Crippen LogP contribution in [0.5, 0.6) is 5.75 Å². The first kappa shape index (κ1) is 10.4. The van der Waals surface area contributed by atoms with E-state index >= 15 is 0 Å². The molecule has 0 aliphatic heterocycles. The Bertz CT molecular complexity index is 229. The summed E-state index contributed by atoms with van der Waals surface area (Å²) in [6.45, 7) is 0. The summed E-state index contributed by atoms with van der Waals surface area (Å²) in [6.07, 6.45) is 0. The van der Waals surface area contributed by atoms with Gasteiger partial charge < -0.3 is 5.11 Å². The minimum atomic E-state index is -0.0422. The molecule has 0 unspecified atom stereocenters. The van der Waals surface area contributed by atoms with Gasteiger partial charge in [0, 0.05) is 9.50 Å². The molecule has 0 radical (unpaired) electrons. The molecule has 0 atom stereocenters. The standard InChI is InChI=1S/C6H4BrClO.Li/c7-5-3-4(8)1-2-6(5)9;/h1-3,9H;/q;+1/p-1. The summed E-state index contributed by atoms with van der Waals surface area (Å²) in [7, 11) is 0. The van der Waals surface area contributed by atoms with E-state index < -0.39 is 0 Å². The van der Waals surface area contributed by atoms with E-state index in [-0.39, 0.29) is 24.6 Å². The Balaban J connectivity index is 0.000000810. The molecule has 0 amide bonds. The summed E-state index contributed by atoms with van der Waals surface area (Å²) in [5.74, 6) is -0.0422. The van der Waals surface area contributed by atoms with Gasteiger partial charge in [-0.3, -0.25) is 0 Å². The van der Waals surface area contributed by atoms with Crippen LogP contribution in [0.2, 0.25) is 5.02 Å². The van der Waals surface area contributed by atoms with Crippen LogP contribution in [0.4, 0.5) is 0 Å². The van der Waals surface area contributed by atoms with Crippen LogP contribution < -0.4 is 24.0 Å². The van der Waals surface area contributed by atoms with E-state index in [0.29, 0.717) is 9.50 Å². The maximum absolute atomic E-state index is 10.7. The maximum Gasteiger partial charge on any atom is 1.00 e. The van der Waals surface area contributed by atoms with Gasteiger partial charge in [-0.15, -0.1) is 0 Å². The van der Waals surface area contributed by atoms with Crippen molar-refractivity contribution < 1.29 is 24.0 Å². The number of hydrogen-bond donors (Lipinski definition) is 0. The monoisotopic (exact) mass is 212 g/mol. The van der Waals surface area contributed by atoms with Crippen LogP contribution in [0.1, 0.15) is 0 Å². The van der Waals surface area contributed by atoms with Crippen molar-refractivity contribution in [3.63, 3.8) is 0 Å². The normalized spacial score (nSPS) is 8.60. The minimum absolute atomic E-state index is 0. The summed E-state index contributed by atoms with van der Waals surface area (Å²) in [4.78, 5) is 0. The zero-order valence-electron chi connectivity index (χ0n) is 5.40. The quantitative estimate of drug-likeness (QED) is 0.517. The van der Waals surface area contributed by atoms with Crippen LogP contribution in [-0.2, 0) is 0 Å². The first-order valence-electron chi connectivity index (χ1n) is 2.32. The third kappa shape index (κ3) is 2.55. The van der Waals surface area contributed by atoms with Crippen LogP contribution in [0.25, 0.3) is 0 Å². The predicted molar refractivity (Wildman–Crippen MR) is 38.6 cm³/mol. The summed E-state index contributed by atoms with van der Waals surface area (Å²) in [5, 5.41) is 11.2. The van der Waals surface area contributed by atoms with Gasteiger partial charge in [0.2, 0.25) is 0 Å². The minimum Gasteiger partial charge on any atom is -0.872 e. The molecule has 1 rings (SSSR count). The number of halogens is 2. The van der Waals surface area contributed by atoms with Gasteiger partial charge in [-0.1, -0.05) is 39.3 Å². The van der Waals surface area contributed by atoms with Gasteiger partial charge in [0.1, 0.15) is 0 Å². The molecule has 0 saturated heterocycles. The van der Waals surface area contributed by atoms with Gasteiger partial charge in [-0.2, -0.15) is 0 Å². The van der Waals surface area contributed by atoms with E-state index in [4.69, 9.17) is 11.6 Å². The Kier molecular flexibility index (Phi) is 4.47. The van der Waals surface area contributed by atoms with Crippen molar-refractivity contribution in [3.8, 4) is 5.75 Å². The molecule has 48 valence electrons. The fraction of sp³-hybridized carbons (Fsp3) is 0. The van der Waals surface area contributed by atoms with Gasteiger partial charge in [0.25, 0.3) is 0 Å². The van der Waals surface area contributed by atoms with Crippen molar-refractivity contribution in [1.29, 1.82) is 0 Å². The summed E-state index contributed by atoms with van der Waals surface area (Å²) in [5.41, 5.74) is 0. The molecule has 4 heteroatoms. The molecule has 1 aromatic rings. The second kappa shape index (κ2) is 4.30. The van der Waals surface area contributed by atoms with Crippen molar-refractivity contribution in [2.24, 2.45) is 0 Å². The van der Waals surface area contributed by atoms with Crippen LogP contribution >= 0.6 is 27.5 Å². The molecule has 0 bridgehead atoms. The molecule has 0 saturated carbocycles. The van der Waals surface area contributed by atoms with E-state index in [2.05, 4.69) is 15.9 Å². The first-order chi connectivity index (χ1) is 4.20. The summed E-state index contributed by atoms with van der Waals surface area (Å²) in [6, 6.07) is 4.56. The molecule has 10 heavy (non-hydrogen) atoms. The van der Waals surface area contributed by atoms with E-state index in [1.165, 1.54) is 6.07 Å². The van der Waals surface area contributed by atoms with Crippen molar-refractivity contribution in [2.45, 2.75) is 0 Å². The fourth-order valence-corrected chi connectivity index (χ4v) is 1.16. The van der Waals surface area contributed by atoms with Crippen molar-refractivity contribution in [3.05, 3.63) is 27.7 Å². The zero-order valence-corrected chi connectivity index (χ0v) is 7.74. The molecule has 0 aliphatic rings. The molecule has 1 nitrogen and oxygen atoms in total. The third-order valence-electron chi connectivity index (χ3n) is 0.894. The van der Waals surface area contributed by atoms with E-state index in [9.17, 15) is 5.11 Å². The predicted octanol–water partition coefficient (Wildman–Crippen LogP) is -0.820. The largest absolute Gasteiger partial charge is 1.00 e. The SMILES string of the molecule is [Li+].[O-]c1ccc(Cl)cc1Br. The van der Waals surface area contributed by atoms with Crippen molar-refractivity contribution in [1.82, 2.24) is 0 Å². The average molecular weight is 213 g/mol. The molecule has 1 aromatic carbocycles. The Labute approximate surface area is 84.7 Å². The molecule has 0 N–H and O–H groups in total. The number of benzene rings is 1. The molecular weight excluding hydrogens is 210 g/mol. The van der Waals surface area contributed by atoms with Gasteiger partial charge in [-0.25, -0.2) is 0 Å². The molecule has 0 aromatic heterocycles. The molecular formula is C6H3BrClLiO. The smallest absolute Gasteiger partial charge is 0.872 e. The van der Waals surface area contributed by atoms with E-state index in [1.54, 1.807) is 12.1 Å². The summed E-state index contributed by atoms with van der Waals surface area (Å²) < 4.78 is 0.509. The molecule has 0 fully saturated rings. The second-order valence-corrected chi connectivity index (χ2v) is 2.87. The third-order valence-corrected chi connectivity index (χ3v) is 1.75. The van der Waals surface area contributed by atoms with Crippen LogP contribution in [0.15, 0.2) is 22.7 Å². The maximum atomic E-state index is 10.7.